The molecule has 3 heterocycles. The Hall–Kier alpha value is -3.55. The van der Waals surface area contributed by atoms with Gasteiger partial charge in [-0.3, -0.25) is 24.4 Å². The molecule has 2 amide bonds. The zero-order chi connectivity index (χ0) is 26.9. The average molecular weight is 526 g/mol. The summed E-state index contributed by atoms with van der Waals surface area (Å²) < 4.78 is 0. The van der Waals surface area contributed by atoms with Gasteiger partial charge in [-0.1, -0.05) is 42.5 Å². The van der Waals surface area contributed by atoms with Crippen LogP contribution < -0.4 is 5.32 Å². The third-order valence-electron chi connectivity index (χ3n) is 7.94. The Labute approximate surface area is 231 Å². The van der Waals surface area contributed by atoms with Gasteiger partial charge in [0.25, 0.3) is 5.91 Å². The quantitative estimate of drug-likeness (QED) is 0.462. The molecule has 0 aliphatic carbocycles. The number of benzene rings is 2. The number of likely N-dealkylation sites (tertiary alicyclic amines) is 1. The van der Waals surface area contributed by atoms with E-state index in [0.717, 1.165) is 71.6 Å². The number of hydrogen-bond donors (Lipinski definition) is 1. The predicted octanol–water partition coefficient (Wildman–Crippen LogP) is 3.61. The second-order valence-corrected chi connectivity index (χ2v) is 10.7. The number of nitrogens with one attached hydrogen (secondary N) is 1. The van der Waals surface area contributed by atoms with Crippen LogP contribution in [0.5, 0.6) is 0 Å². The molecule has 1 aromatic heterocycles. The molecule has 7 heteroatoms. The summed E-state index contributed by atoms with van der Waals surface area (Å²) >= 11 is 0. The van der Waals surface area contributed by atoms with Crippen LogP contribution in [0.25, 0.3) is 0 Å². The van der Waals surface area contributed by atoms with Crippen molar-refractivity contribution >= 4 is 11.8 Å². The number of rotatable bonds is 9. The second-order valence-electron chi connectivity index (χ2n) is 10.7. The van der Waals surface area contributed by atoms with Gasteiger partial charge in [-0.25, -0.2) is 0 Å². The summed E-state index contributed by atoms with van der Waals surface area (Å²) in [7, 11) is 0. The molecule has 2 aliphatic rings. The molecule has 2 fully saturated rings. The molecule has 2 saturated heterocycles. The molecule has 3 aromatic rings. The van der Waals surface area contributed by atoms with Crippen molar-refractivity contribution in [1.82, 2.24) is 25.0 Å². The number of piperidine rings is 1. The summed E-state index contributed by atoms with van der Waals surface area (Å²) in [5.41, 5.74) is 4.38. The van der Waals surface area contributed by atoms with Crippen molar-refractivity contribution in [3.63, 3.8) is 0 Å². The lowest BCUT2D eigenvalue weighted by atomic mass is 9.94. The van der Waals surface area contributed by atoms with E-state index in [0.29, 0.717) is 18.0 Å². The number of aromatic nitrogens is 1. The third kappa shape index (κ3) is 7.74. The van der Waals surface area contributed by atoms with Crippen LogP contribution in [0.4, 0.5) is 0 Å². The van der Waals surface area contributed by atoms with Gasteiger partial charge < -0.3 is 10.2 Å². The Bertz CT molecular complexity index is 1190. The molecule has 0 atom stereocenters. The molecular formula is C32H39N5O2. The summed E-state index contributed by atoms with van der Waals surface area (Å²) in [6, 6.07) is 22.2. The number of carbonyl (C=O) groups excluding carboxylic acids is 2. The van der Waals surface area contributed by atoms with E-state index in [9.17, 15) is 9.59 Å². The predicted molar refractivity (Wildman–Crippen MR) is 153 cm³/mol. The van der Waals surface area contributed by atoms with Gasteiger partial charge in [-0.05, 0) is 73.3 Å². The molecule has 2 aliphatic heterocycles. The molecule has 0 radical (unpaired) electrons. The molecule has 2 aromatic carbocycles. The highest BCUT2D eigenvalue weighted by atomic mass is 16.2. The lowest BCUT2D eigenvalue weighted by Crippen LogP contribution is -2.51. The van der Waals surface area contributed by atoms with Crippen molar-refractivity contribution in [3.8, 4) is 0 Å². The molecule has 0 saturated carbocycles. The number of pyridine rings is 1. The first-order valence-corrected chi connectivity index (χ1v) is 14.2. The van der Waals surface area contributed by atoms with Crippen LogP contribution in [-0.2, 0) is 24.3 Å². The Balaban J connectivity index is 1.01. The highest BCUT2D eigenvalue weighted by molar-refractivity contribution is 5.94. The lowest BCUT2D eigenvalue weighted by Gasteiger charge is -2.38. The first kappa shape index (κ1) is 27.0. The van der Waals surface area contributed by atoms with Gasteiger partial charge in [0.2, 0.25) is 5.91 Å². The van der Waals surface area contributed by atoms with E-state index < -0.39 is 0 Å². The first-order chi connectivity index (χ1) is 19.1. The minimum atomic E-state index is -0.0344. The maximum Gasteiger partial charge on any atom is 0.251 e. The number of nitrogens with zero attached hydrogens (tertiary/aromatic N) is 4. The van der Waals surface area contributed by atoms with Gasteiger partial charge in [0.1, 0.15) is 0 Å². The number of amides is 2. The smallest absolute Gasteiger partial charge is 0.251 e. The third-order valence-corrected chi connectivity index (χ3v) is 7.94. The molecule has 1 N–H and O–H groups in total. The fourth-order valence-corrected chi connectivity index (χ4v) is 5.56. The van der Waals surface area contributed by atoms with Crippen LogP contribution in [0.2, 0.25) is 0 Å². The van der Waals surface area contributed by atoms with E-state index in [1.165, 1.54) is 16.7 Å². The monoisotopic (exact) mass is 525 g/mol. The zero-order valence-electron chi connectivity index (χ0n) is 22.7. The fourth-order valence-electron chi connectivity index (χ4n) is 5.56. The average Bonchev–Trinajstić information content (AvgIpc) is 2.99. The van der Waals surface area contributed by atoms with Crippen molar-refractivity contribution in [3.05, 3.63) is 101 Å². The van der Waals surface area contributed by atoms with Crippen molar-refractivity contribution in [2.75, 3.05) is 45.8 Å². The van der Waals surface area contributed by atoms with Gasteiger partial charge in [-0.15, -0.1) is 0 Å². The summed E-state index contributed by atoms with van der Waals surface area (Å²) in [6.45, 7) is 7.68. The summed E-state index contributed by atoms with van der Waals surface area (Å²) in [5.74, 6) is 0.449. The van der Waals surface area contributed by atoms with E-state index in [1.54, 1.807) is 0 Å². The van der Waals surface area contributed by atoms with Crippen molar-refractivity contribution in [2.45, 2.75) is 32.4 Å². The maximum atomic E-state index is 13.2. The standard InChI is InChI=1S/C32H39N5O2/c38-31(34-17-12-26-4-2-1-3-5-26)29-8-6-27(7-9-29)24-36-20-22-37(23-21-36)32(39)30-13-18-35(19-14-30)25-28-10-15-33-16-11-28/h1-11,15-16,30H,12-14,17-25H2,(H,34,38). The highest BCUT2D eigenvalue weighted by Gasteiger charge is 2.30. The first-order valence-electron chi connectivity index (χ1n) is 14.2. The largest absolute Gasteiger partial charge is 0.352 e. The lowest BCUT2D eigenvalue weighted by molar-refractivity contribution is -0.139. The van der Waals surface area contributed by atoms with E-state index in [-0.39, 0.29) is 11.8 Å². The Morgan fingerprint density at radius 1 is 0.718 bits per heavy atom. The zero-order valence-corrected chi connectivity index (χ0v) is 22.7. The van der Waals surface area contributed by atoms with Crippen LogP contribution in [0.3, 0.4) is 0 Å². The van der Waals surface area contributed by atoms with E-state index in [1.807, 2.05) is 54.9 Å². The van der Waals surface area contributed by atoms with Gasteiger partial charge >= 0.3 is 0 Å². The summed E-state index contributed by atoms with van der Waals surface area (Å²) in [6.07, 6.45) is 6.39. The highest BCUT2D eigenvalue weighted by Crippen LogP contribution is 2.22. The van der Waals surface area contributed by atoms with E-state index in [2.05, 4.69) is 49.3 Å². The Morgan fingerprint density at radius 3 is 2.00 bits per heavy atom. The number of piperazine rings is 1. The topological polar surface area (TPSA) is 68.8 Å². The molecule has 39 heavy (non-hydrogen) atoms. The molecule has 7 nitrogen and oxygen atoms in total. The van der Waals surface area contributed by atoms with Crippen LogP contribution >= 0.6 is 0 Å². The van der Waals surface area contributed by atoms with Gasteiger partial charge in [0.05, 0.1) is 0 Å². The van der Waals surface area contributed by atoms with Crippen molar-refractivity contribution < 1.29 is 9.59 Å². The Morgan fingerprint density at radius 2 is 1.33 bits per heavy atom. The molecular weight excluding hydrogens is 486 g/mol. The van der Waals surface area contributed by atoms with E-state index >= 15 is 0 Å². The number of carbonyl (C=O) groups is 2. The Kier molecular flexibility index (Phi) is 9.35. The normalized spacial score (nSPS) is 17.2. The summed E-state index contributed by atoms with van der Waals surface area (Å²) in [4.78, 5) is 36.7. The van der Waals surface area contributed by atoms with Crippen LogP contribution in [0.1, 0.15) is 39.9 Å². The maximum absolute atomic E-state index is 13.2. The molecule has 204 valence electrons. The summed E-state index contributed by atoms with van der Waals surface area (Å²) in [5, 5.41) is 3.01. The van der Waals surface area contributed by atoms with Gasteiger partial charge in [-0.2, -0.15) is 0 Å². The SMILES string of the molecule is O=C(NCCc1ccccc1)c1ccc(CN2CCN(C(=O)C3CCN(Cc4ccncc4)CC3)CC2)cc1. The second kappa shape index (κ2) is 13.5. The fraction of sp³-hybridized carbons (Fsp3) is 0.406. The van der Waals surface area contributed by atoms with Gasteiger partial charge in [0, 0.05) is 69.7 Å². The van der Waals surface area contributed by atoms with E-state index in [4.69, 9.17) is 0 Å². The molecule has 0 bridgehead atoms. The number of hydrogen-bond acceptors (Lipinski definition) is 5. The van der Waals surface area contributed by atoms with Crippen molar-refractivity contribution in [2.24, 2.45) is 5.92 Å². The van der Waals surface area contributed by atoms with Crippen LogP contribution in [0, 0.1) is 5.92 Å². The van der Waals surface area contributed by atoms with Crippen molar-refractivity contribution in [1.29, 1.82) is 0 Å². The van der Waals surface area contributed by atoms with Gasteiger partial charge in [0.15, 0.2) is 0 Å². The minimum Gasteiger partial charge on any atom is -0.352 e. The molecule has 5 rings (SSSR count). The van der Waals surface area contributed by atoms with Crippen LogP contribution in [-0.4, -0.2) is 77.3 Å². The molecule has 0 unspecified atom stereocenters. The van der Waals surface area contributed by atoms with Crippen LogP contribution in [0.15, 0.2) is 79.1 Å². The minimum absolute atomic E-state index is 0.0344. The molecule has 0 spiro atoms.